The number of benzene rings is 3. The number of aryl methyl sites for hydroxylation is 1. The maximum absolute atomic E-state index is 14.0. The number of nitrogens with two attached hydrogens (primary N) is 1. The van der Waals surface area contributed by atoms with E-state index in [1.165, 1.54) is 6.07 Å². The Morgan fingerprint density at radius 2 is 1.84 bits per heavy atom. The maximum atomic E-state index is 14.0. The van der Waals surface area contributed by atoms with E-state index in [1.807, 2.05) is 0 Å². The van der Waals surface area contributed by atoms with E-state index >= 15 is 0 Å². The number of halogens is 2. The van der Waals surface area contributed by atoms with Crippen LogP contribution in [0.15, 0.2) is 66.7 Å². The van der Waals surface area contributed by atoms with E-state index in [9.17, 15) is 23.2 Å². The zero-order valence-corrected chi connectivity index (χ0v) is 23.5. The van der Waals surface area contributed by atoms with E-state index < -0.39 is 37.0 Å². The monoisotopic (exact) mass is 593 g/mol. The highest BCUT2D eigenvalue weighted by molar-refractivity contribution is 5.95. The second kappa shape index (κ2) is 14.3. The summed E-state index contributed by atoms with van der Waals surface area (Å²) < 4.78 is 36.4. The molecule has 0 saturated heterocycles. The Morgan fingerprint density at radius 1 is 1.07 bits per heavy atom. The smallest absolute Gasteiger partial charge is 0.308 e. The number of carbonyl (C=O) groups excluding carboxylic acids is 3. The molecule has 43 heavy (non-hydrogen) atoms. The van der Waals surface area contributed by atoms with Crippen molar-refractivity contribution in [3.05, 3.63) is 89.0 Å². The fraction of sp³-hybridized carbons (Fsp3) is 0.290. The van der Waals surface area contributed by atoms with Gasteiger partial charge in [0.25, 0.3) is 6.43 Å². The van der Waals surface area contributed by atoms with Crippen LogP contribution in [-0.2, 0) is 25.5 Å². The van der Waals surface area contributed by atoms with E-state index in [0.717, 1.165) is 0 Å². The molecule has 0 spiro atoms. The Balaban J connectivity index is 1.78. The molecule has 12 heteroatoms. The van der Waals surface area contributed by atoms with Crippen LogP contribution in [0.25, 0.3) is 0 Å². The number of fused-ring (bicyclic) bond motifs is 4. The third kappa shape index (κ3) is 8.51. The Morgan fingerprint density at radius 3 is 2.53 bits per heavy atom. The number of nitrogen functional groups attached to an aromatic ring is 1. The Hall–Kier alpha value is -5.00. The summed E-state index contributed by atoms with van der Waals surface area (Å²) in [6.45, 7) is 1.02. The van der Waals surface area contributed by atoms with Crippen molar-refractivity contribution in [2.75, 3.05) is 23.8 Å². The molecule has 2 atom stereocenters. The summed E-state index contributed by atoms with van der Waals surface area (Å²) in [7, 11) is 0. The van der Waals surface area contributed by atoms with Crippen LogP contribution in [0, 0.1) is 5.41 Å². The molecule has 0 aromatic heterocycles. The number of ether oxygens (including phenoxy) is 2. The lowest BCUT2D eigenvalue weighted by molar-refractivity contribution is -0.143. The van der Waals surface area contributed by atoms with Crippen molar-refractivity contribution >= 4 is 35.0 Å². The molecule has 3 aromatic rings. The molecule has 10 nitrogen and oxygen atoms in total. The number of anilines is 2. The molecule has 4 rings (SSSR count). The van der Waals surface area contributed by atoms with Gasteiger partial charge in [0.15, 0.2) is 0 Å². The minimum Gasteiger partial charge on any atom is -0.487 e. The van der Waals surface area contributed by atoms with Gasteiger partial charge < -0.3 is 31.2 Å². The van der Waals surface area contributed by atoms with Gasteiger partial charge in [-0.15, -0.1) is 0 Å². The Kier molecular flexibility index (Phi) is 10.3. The first kappa shape index (κ1) is 30.9. The first-order chi connectivity index (χ1) is 20.6. The predicted molar refractivity (Wildman–Crippen MR) is 157 cm³/mol. The zero-order valence-electron chi connectivity index (χ0n) is 23.5. The van der Waals surface area contributed by atoms with Gasteiger partial charge in [-0.1, -0.05) is 18.2 Å². The number of nitrogens with one attached hydrogen (secondary N) is 4. The van der Waals surface area contributed by atoms with Gasteiger partial charge in [0, 0.05) is 23.4 Å². The van der Waals surface area contributed by atoms with Crippen LogP contribution in [-0.4, -0.2) is 43.3 Å². The minimum absolute atomic E-state index is 0.0156. The minimum atomic E-state index is -2.70. The number of amides is 2. The van der Waals surface area contributed by atoms with Crippen molar-refractivity contribution < 1.29 is 32.6 Å². The third-order valence-electron chi connectivity index (χ3n) is 6.74. The normalized spacial score (nSPS) is 16.8. The van der Waals surface area contributed by atoms with Crippen LogP contribution in [0.1, 0.15) is 54.1 Å². The van der Waals surface area contributed by atoms with Gasteiger partial charge in [0.05, 0.1) is 19.1 Å². The Bertz CT molecular complexity index is 1480. The largest absolute Gasteiger partial charge is 0.487 e. The molecule has 226 valence electrons. The van der Waals surface area contributed by atoms with Crippen molar-refractivity contribution in [1.82, 2.24) is 5.32 Å². The van der Waals surface area contributed by atoms with E-state index in [4.69, 9.17) is 20.6 Å². The summed E-state index contributed by atoms with van der Waals surface area (Å²) in [4.78, 5) is 39.4. The number of alkyl halides is 2. The number of carbonyl (C=O) groups is 3. The van der Waals surface area contributed by atoms with Crippen LogP contribution >= 0.6 is 0 Å². The van der Waals surface area contributed by atoms with Gasteiger partial charge in [0.1, 0.15) is 24.2 Å². The highest BCUT2D eigenvalue weighted by Crippen LogP contribution is 2.30. The molecule has 4 bridgehead atoms. The summed E-state index contributed by atoms with van der Waals surface area (Å²) in [5.74, 6) is -1.25. The van der Waals surface area contributed by atoms with Crippen LogP contribution in [0.3, 0.4) is 0 Å². The van der Waals surface area contributed by atoms with Gasteiger partial charge in [-0.3, -0.25) is 19.8 Å². The highest BCUT2D eigenvalue weighted by Gasteiger charge is 2.28. The average Bonchev–Trinajstić information content (AvgIpc) is 2.97. The van der Waals surface area contributed by atoms with Crippen molar-refractivity contribution in [3.8, 4) is 5.75 Å². The molecule has 1 unspecified atom stereocenters. The van der Waals surface area contributed by atoms with Gasteiger partial charge >= 0.3 is 5.97 Å². The molecule has 1 aliphatic heterocycles. The van der Waals surface area contributed by atoms with Crippen molar-refractivity contribution in [3.63, 3.8) is 0 Å². The summed E-state index contributed by atoms with van der Waals surface area (Å²) in [5.41, 5.74) is 8.59. The second-order valence-corrected chi connectivity index (χ2v) is 9.88. The third-order valence-corrected chi connectivity index (χ3v) is 6.74. The summed E-state index contributed by atoms with van der Waals surface area (Å²) in [6.07, 6.45) is -2.69. The molecule has 1 heterocycles. The van der Waals surface area contributed by atoms with Crippen molar-refractivity contribution in [1.29, 1.82) is 5.41 Å². The first-order valence-electron chi connectivity index (χ1n) is 13.7. The maximum Gasteiger partial charge on any atom is 0.308 e. The molecule has 2 amide bonds. The molecule has 0 saturated carbocycles. The molecular formula is C31H33F2N5O5. The van der Waals surface area contributed by atoms with Gasteiger partial charge in [-0.2, -0.15) is 0 Å². The van der Waals surface area contributed by atoms with Crippen LogP contribution in [0.2, 0.25) is 0 Å². The molecule has 6 N–H and O–H groups in total. The van der Waals surface area contributed by atoms with E-state index in [-0.39, 0.29) is 43.4 Å². The van der Waals surface area contributed by atoms with E-state index in [0.29, 0.717) is 33.6 Å². The SMILES string of the molecule is CCOC(=O)C[C@H]1NC(=O)C(Nc2ccc(C(=N)N)cc2)c2ccc(OCC(F)F)c(c2)CCC(=O)Nc2cccc1c2. The molecule has 3 aromatic carbocycles. The Labute approximate surface area is 247 Å². The first-order valence-corrected chi connectivity index (χ1v) is 13.7. The number of hydrogen-bond acceptors (Lipinski definition) is 7. The van der Waals surface area contributed by atoms with Crippen molar-refractivity contribution in [2.45, 2.75) is 44.7 Å². The molecule has 1 aliphatic rings. The molecule has 0 fully saturated rings. The quantitative estimate of drug-likeness (QED) is 0.139. The van der Waals surface area contributed by atoms with Gasteiger partial charge in [0.2, 0.25) is 11.8 Å². The zero-order chi connectivity index (χ0) is 30.9. The summed E-state index contributed by atoms with van der Waals surface area (Å²) >= 11 is 0. The highest BCUT2D eigenvalue weighted by atomic mass is 19.3. The van der Waals surface area contributed by atoms with Crippen LogP contribution in [0.4, 0.5) is 20.2 Å². The topological polar surface area (TPSA) is 156 Å². The second-order valence-electron chi connectivity index (χ2n) is 9.88. The molecule has 0 radical (unpaired) electrons. The lowest BCUT2D eigenvalue weighted by Gasteiger charge is -2.26. The molecular weight excluding hydrogens is 560 g/mol. The standard InChI is InChI=1S/C31H33F2N5O5/c1-2-42-28(40)16-24-19-4-3-5-23(15-19)36-27(39)13-9-20-14-21(8-12-25(20)43-17-26(32)33)29(31(41)38-24)37-22-10-6-18(7-11-22)30(34)35/h3-8,10-12,14-15,24,26,29,37H,2,9,13,16-17H2,1H3,(H3,34,35)(H,36,39)(H,38,41)/t24-,29?/m1/s1. The average molecular weight is 594 g/mol. The number of esters is 1. The van der Waals surface area contributed by atoms with Gasteiger partial charge in [-0.25, -0.2) is 8.78 Å². The summed E-state index contributed by atoms with van der Waals surface area (Å²) in [6, 6.07) is 16.3. The van der Waals surface area contributed by atoms with Crippen LogP contribution < -0.4 is 26.4 Å². The van der Waals surface area contributed by atoms with E-state index in [1.54, 1.807) is 67.6 Å². The van der Waals surface area contributed by atoms with Crippen LogP contribution in [0.5, 0.6) is 5.75 Å². The molecule has 0 aliphatic carbocycles. The summed E-state index contributed by atoms with van der Waals surface area (Å²) in [5, 5.41) is 16.6. The van der Waals surface area contributed by atoms with E-state index in [2.05, 4.69) is 16.0 Å². The number of rotatable bonds is 9. The predicted octanol–water partition coefficient (Wildman–Crippen LogP) is 4.46. The lowest BCUT2D eigenvalue weighted by Crippen LogP contribution is -2.37. The fourth-order valence-electron chi connectivity index (χ4n) is 4.68. The fourth-order valence-corrected chi connectivity index (χ4v) is 4.68. The lowest BCUT2D eigenvalue weighted by atomic mass is 9.97. The van der Waals surface area contributed by atoms with Gasteiger partial charge in [-0.05, 0) is 78.6 Å². The number of hydrogen-bond donors (Lipinski definition) is 5. The number of amidine groups is 1. The van der Waals surface area contributed by atoms with Crippen molar-refractivity contribution in [2.24, 2.45) is 5.73 Å².